The Balaban J connectivity index is 2.17. The number of carbonyl (C=O) groups excluding carboxylic acids is 1. The Morgan fingerprint density at radius 2 is 1.89 bits per heavy atom. The van der Waals surface area contributed by atoms with Gasteiger partial charge in [-0.3, -0.25) is 9.59 Å². The average molecular weight is 262 g/mol. The first kappa shape index (κ1) is 13.6. The second kappa shape index (κ2) is 5.87. The van der Waals surface area contributed by atoms with Crippen LogP contribution in [0, 0.1) is 11.8 Å². The SMILES string of the molecule is COc1ccccc1C(=O)[C@H]1CCC[C@@H](C(=O)O)C1. The lowest BCUT2D eigenvalue weighted by molar-refractivity contribution is -0.143. The van der Waals surface area contributed by atoms with E-state index < -0.39 is 11.9 Å². The van der Waals surface area contributed by atoms with Crippen LogP contribution in [-0.2, 0) is 4.79 Å². The normalized spacial score (nSPS) is 22.8. The topological polar surface area (TPSA) is 63.6 Å². The van der Waals surface area contributed by atoms with E-state index in [-0.39, 0.29) is 11.7 Å². The molecule has 1 aliphatic rings. The lowest BCUT2D eigenvalue weighted by Gasteiger charge is -2.25. The smallest absolute Gasteiger partial charge is 0.306 e. The van der Waals surface area contributed by atoms with Crippen LogP contribution in [0.2, 0.25) is 0 Å². The van der Waals surface area contributed by atoms with Gasteiger partial charge in [0.25, 0.3) is 0 Å². The van der Waals surface area contributed by atoms with Crippen molar-refractivity contribution in [1.82, 2.24) is 0 Å². The lowest BCUT2D eigenvalue weighted by Crippen LogP contribution is -2.27. The first-order valence-electron chi connectivity index (χ1n) is 6.53. The van der Waals surface area contributed by atoms with Gasteiger partial charge in [0, 0.05) is 5.92 Å². The number of para-hydroxylation sites is 1. The van der Waals surface area contributed by atoms with Crippen molar-refractivity contribution in [2.45, 2.75) is 25.7 Å². The molecule has 0 radical (unpaired) electrons. The van der Waals surface area contributed by atoms with Crippen LogP contribution in [0.3, 0.4) is 0 Å². The van der Waals surface area contributed by atoms with Crippen LogP contribution < -0.4 is 4.74 Å². The summed E-state index contributed by atoms with van der Waals surface area (Å²) in [6, 6.07) is 7.11. The molecular weight excluding hydrogens is 244 g/mol. The van der Waals surface area contributed by atoms with Crippen LogP contribution in [0.1, 0.15) is 36.0 Å². The molecule has 0 amide bonds. The third-order valence-corrected chi connectivity index (χ3v) is 3.77. The fourth-order valence-electron chi connectivity index (χ4n) is 2.72. The fourth-order valence-corrected chi connectivity index (χ4v) is 2.72. The molecule has 1 aromatic carbocycles. The highest BCUT2D eigenvalue weighted by atomic mass is 16.5. The Bertz CT molecular complexity index is 481. The Morgan fingerprint density at radius 3 is 2.58 bits per heavy atom. The Kier molecular flexibility index (Phi) is 4.20. The quantitative estimate of drug-likeness (QED) is 0.847. The van der Waals surface area contributed by atoms with Gasteiger partial charge in [0.05, 0.1) is 18.6 Å². The van der Waals surface area contributed by atoms with Gasteiger partial charge in [0.1, 0.15) is 5.75 Å². The van der Waals surface area contributed by atoms with Gasteiger partial charge >= 0.3 is 5.97 Å². The summed E-state index contributed by atoms with van der Waals surface area (Å²) in [5, 5.41) is 9.07. The minimum absolute atomic E-state index is 0.00315. The van der Waals surface area contributed by atoms with Crippen LogP contribution in [0.25, 0.3) is 0 Å². The zero-order valence-corrected chi connectivity index (χ0v) is 11.0. The van der Waals surface area contributed by atoms with Crippen molar-refractivity contribution >= 4 is 11.8 Å². The standard InChI is InChI=1S/C15H18O4/c1-19-13-8-3-2-7-12(13)14(16)10-5-4-6-11(9-10)15(17)18/h2-3,7-8,10-11H,4-6,9H2,1H3,(H,17,18)/t10-,11+/m0/s1. The number of rotatable bonds is 4. The number of carbonyl (C=O) groups is 2. The molecule has 19 heavy (non-hydrogen) atoms. The molecule has 0 spiro atoms. The molecule has 1 aromatic rings. The molecule has 0 aromatic heterocycles. The number of methoxy groups -OCH3 is 1. The van der Waals surface area contributed by atoms with Gasteiger partial charge in [0.2, 0.25) is 0 Å². The first-order chi connectivity index (χ1) is 9.13. The summed E-state index contributed by atoms with van der Waals surface area (Å²) < 4.78 is 5.19. The molecule has 102 valence electrons. The molecule has 0 bridgehead atoms. The second-order valence-electron chi connectivity index (χ2n) is 4.96. The predicted octanol–water partition coefficient (Wildman–Crippen LogP) is 2.77. The van der Waals surface area contributed by atoms with Crippen molar-refractivity contribution in [3.63, 3.8) is 0 Å². The summed E-state index contributed by atoms with van der Waals surface area (Å²) in [6.07, 6.45) is 2.67. The highest BCUT2D eigenvalue weighted by Gasteiger charge is 2.32. The van der Waals surface area contributed by atoms with Crippen LogP contribution in [0.4, 0.5) is 0 Å². The minimum Gasteiger partial charge on any atom is -0.496 e. The Labute approximate surface area is 112 Å². The van der Waals surface area contributed by atoms with Gasteiger partial charge in [-0.05, 0) is 31.4 Å². The van der Waals surface area contributed by atoms with E-state index in [1.54, 1.807) is 18.2 Å². The molecule has 0 unspecified atom stereocenters. The summed E-state index contributed by atoms with van der Waals surface area (Å²) in [4.78, 5) is 23.5. The third kappa shape index (κ3) is 2.95. The largest absolute Gasteiger partial charge is 0.496 e. The molecule has 0 heterocycles. The number of ketones is 1. The predicted molar refractivity (Wildman–Crippen MR) is 70.4 cm³/mol. The Hall–Kier alpha value is -1.84. The van der Waals surface area contributed by atoms with Gasteiger partial charge in [-0.25, -0.2) is 0 Å². The molecule has 1 fully saturated rings. The van der Waals surface area contributed by atoms with Gasteiger partial charge in [-0.2, -0.15) is 0 Å². The highest BCUT2D eigenvalue weighted by molar-refractivity contribution is 6.00. The number of ether oxygens (including phenoxy) is 1. The van der Waals surface area contributed by atoms with E-state index in [0.29, 0.717) is 24.2 Å². The number of Topliss-reactive ketones (excluding diaryl/α,β-unsaturated/α-hetero) is 1. The number of hydrogen-bond acceptors (Lipinski definition) is 3. The van der Waals surface area contributed by atoms with Crippen LogP contribution in [0.5, 0.6) is 5.75 Å². The third-order valence-electron chi connectivity index (χ3n) is 3.77. The van der Waals surface area contributed by atoms with Gasteiger partial charge < -0.3 is 9.84 Å². The zero-order valence-electron chi connectivity index (χ0n) is 11.0. The zero-order chi connectivity index (χ0) is 13.8. The van der Waals surface area contributed by atoms with E-state index in [4.69, 9.17) is 9.84 Å². The molecule has 0 aliphatic heterocycles. The summed E-state index contributed by atoms with van der Waals surface area (Å²) in [7, 11) is 1.53. The van der Waals surface area contributed by atoms with Gasteiger partial charge in [0.15, 0.2) is 5.78 Å². The maximum atomic E-state index is 12.5. The number of benzene rings is 1. The summed E-state index contributed by atoms with van der Waals surface area (Å²) >= 11 is 0. The maximum Gasteiger partial charge on any atom is 0.306 e. The van der Waals surface area contributed by atoms with Crippen LogP contribution >= 0.6 is 0 Å². The molecule has 1 N–H and O–H groups in total. The van der Waals surface area contributed by atoms with Crippen molar-refractivity contribution in [2.24, 2.45) is 11.8 Å². The summed E-state index contributed by atoms with van der Waals surface area (Å²) in [5.41, 5.74) is 0.557. The molecular formula is C15H18O4. The van der Waals surface area contributed by atoms with Gasteiger partial charge in [-0.15, -0.1) is 0 Å². The van der Waals surface area contributed by atoms with Crippen molar-refractivity contribution in [3.05, 3.63) is 29.8 Å². The van der Waals surface area contributed by atoms with E-state index in [0.717, 1.165) is 12.8 Å². The van der Waals surface area contributed by atoms with E-state index in [1.165, 1.54) is 7.11 Å². The molecule has 2 rings (SSSR count). The lowest BCUT2D eigenvalue weighted by atomic mass is 9.78. The van der Waals surface area contributed by atoms with Crippen molar-refractivity contribution < 1.29 is 19.4 Å². The monoisotopic (exact) mass is 262 g/mol. The molecule has 4 heteroatoms. The molecule has 2 atom stereocenters. The number of hydrogen-bond donors (Lipinski definition) is 1. The van der Waals surface area contributed by atoms with Gasteiger partial charge in [-0.1, -0.05) is 18.6 Å². The van der Waals surface area contributed by atoms with Crippen LogP contribution in [0.15, 0.2) is 24.3 Å². The van der Waals surface area contributed by atoms with E-state index in [2.05, 4.69) is 0 Å². The maximum absolute atomic E-state index is 12.5. The fraction of sp³-hybridized carbons (Fsp3) is 0.467. The van der Waals surface area contributed by atoms with E-state index in [9.17, 15) is 9.59 Å². The molecule has 4 nitrogen and oxygen atoms in total. The average Bonchev–Trinajstić information content (AvgIpc) is 2.46. The number of carboxylic acid groups (broad SMARTS) is 1. The number of aliphatic carboxylic acids is 1. The Morgan fingerprint density at radius 1 is 1.21 bits per heavy atom. The second-order valence-corrected chi connectivity index (χ2v) is 4.96. The van der Waals surface area contributed by atoms with E-state index >= 15 is 0 Å². The molecule has 0 saturated heterocycles. The van der Waals surface area contributed by atoms with Crippen molar-refractivity contribution in [2.75, 3.05) is 7.11 Å². The van der Waals surface area contributed by atoms with Crippen molar-refractivity contribution in [3.8, 4) is 5.75 Å². The summed E-state index contributed by atoms with van der Waals surface area (Å²) in [5.74, 6) is -0.825. The van der Waals surface area contributed by atoms with Crippen LogP contribution in [-0.4, -0.2) is 24.0 Å². The highest BCUT2D eigenvalue weighted by Crippen LogP contribution is 2.33. The minimum atomic E-state index is -0.794. The molecule has 1 aliphatic carbocycles. The summed E-state index contributed by atoms with van der Waals surface area (Å²) in [6.45, 7) is 0. The first-order valence-corrected chi connectivity index (χ1v) is 6.53. The van der Waals surface area contributed by atoms with E-state index in [1.807, 2.05) is 6.07 Å². The number of carboxylic acids is 1. The van der Waals surface area contributed by atoms with Crippen molar-refractivity contribution in [1.29, 1.82) is 0 Å². The molecule has 1 saturated carbocycles.